The monoisotopic (exact) mass is 184 g/mol. The minimum Gasteiger partial charge on any atom is -0.381 e. The van der Waals surface area contributed by atoms with E-state index in [1.807, 2.05) is 0 Å². The Hall–Kier alpha value is -0.120. The minimum absolute atomic E-state index is 0.303. The van der Waals surface area contributed by atoms with Crippen LogP contribution in [-0.4, -0.2) is 37.6 Å². The molecule has 0 saturated carbocycles. The number of epoxide rings is 1. The third-order valence-electron chi connectivity index (χ3n) is 3.65. The number of rotatable bonds is 1. The standard InChI is InChI=1S/C10H16O3/c1-5-7-3-11-4-8(7)10(12-5)9-6(2)13-9/h5-10H,3-4H2,1-2H3. The van der Waals surface area contributed by atoms with Gasteiger partial charge in [-0.3, -0.25) is 0 Å². The Bertz CT molecular complexity index is 218. The zero-order chi connectivity index (χ0) is 9.00. The van der Waals surface area contributed by atoms with Crippen molar-refractivity contribution in [3.05, 3.63) is 0 Å². The lowest BCUT2D eigenvalue weighted by Gasteiger charge is -2.13. The van der Waals surface area contributed by atoms with Crippen LogP contribution >= 0.6 is 0 Å². The molecule has 0 amide bonds. The summed E-state index contributed by atoms with van der Waals surface area (Å²) in [6, 6.07) is 0. The van der Waals surface area contributed by atoms with Gasteiger partial charge in [0.05, 0.1) is 31.5 Å². The van der Waals surface area contributed by atoms with Crippen LogP contribution in [0.4, 0.5) is 0 Å². The summed E-state index contributed by atoms with van der Waals surface area (Å²) in [6.07, 6.45) is 1.40. The molecule has 0 aliphatic carbocycles. The molecule has 0 bridgehead atoms. The summed E-state index contributed by atoms with van der Waals surface area (Å²) in [5, 5.41) is 0. The first-order chi connectivity index (χ1) is 6.27. The maximum absolute atomic E-state index is 5.92. The predicted octanol–water partition coefficient (Wildman–Crippen LogP) is 0.824. The van der Waals surface area contributed by atoms with Crippen LogP contribution in [0.15, 0.2) is 0 Å². The smallest absolute Gasteiger partial charge is 0.110 e. The SMILES string of the molecule is CC1OC(C2OC2C)C2COCC12. The molecule has 6 atom stereocenters. The van der Waals surface area contributed by atoms with Gasteiger partial charge in [0.15, 0.2) is 0 Å². The van der Waals surface area contributed by atoms with Crippen LogP contribution < -0.4 is 0 Å². The highest BCUT2D eigenvalue weighted by Crippen LogP contribution is 2.43. The van der Waals surface area contributed by atoms with Crippen molar-refractivity contribution in [3.8, 4) is 0 Å². The molecule has 0 N–H and O–H groups in total. The Morgan fingerprint density at radius 3 is 2.15 bits per heavy atom. The molecule has 0 aromatic carbocycles. The molecule has 0 aromatic heterocycles. The van der Waals surface area contributed by atoms with E-state index in [4.69, 9.17) is 14.2 Å². The molecule has 3 heteroatoms. The van der Waals surface area contributed by atoms with Gasteiger partial charge in [0.2, 0.25) is 0 Å². The number of fused-ring (bicyclic) bond motifs is 1. The van der Waals surface area contributed by atoms with Gasteiger partial charge in [-0.25, -0.2) is 0 Å². The number of ether oxygens (including phenoxy) is 3. The number of hydrogen-bond acceptors (Lipinski definition) is 3. The second-order valence-corrected chi connectivity index (χ2v) is 4.48. The second-order valence-electron chi connectivity index (χ2n) is 4.48. The molecule has 3 fully saturated rings. The first-order valence-electron chi connectivity index (χ1n) is 5.16. The average Bonchev–Trinajstić information content (AvgIpc) is 2.60. The Morgan fingerprint density at radius 1 is 0.846 bits per heavy atom. The van der Waals surface area contributed by atoms with E-state index in [1.54, 1.807) is 0 Å². The van der Waals surface area contributed by atoms with Crippen molar-refractivity contribution in [3.63, 3.8) is 0 Å². The fourth-order valence-corrected chi connectivity index (χ4v) is 2.73. The largest absolute Gasteiger partial charge is 0.381 e. The van der Waals surface area contributed by atoms with E-state index in [1.165, 1.54) is 0 Å². The lowest BCUT2D eigenvalue weighted by Crippen LogP contribution is -2.26. The molecule has 3 aliphatic heterocycles. The molecule has 74 valence electrons. The van der Waals surface area contributed by atoms with Gasteiger partial charge in [-0.1, -0.05) is 0 Å². The topological polar surface area (TPSA) is 31.0 Å². The van der Waals surface area contributed by atoms with E-state index in [-0.39, 0.29) is 0 Å². The van der Waals surface area contributed by atoms with E-state index in [0.29, 0.717) is 36.3 Å². The van der Waals surface area contributed by atoms with Crippen LogP contribution in [0.5, 0.6) is 0 Å². The zero-order valence-corrected chi connectivity index (χ0v) is 8.10. The summed E-state index contributed by atoms with van der Waals surface area (Å²) < 4.78 is 16.9. The summed E-state index contributed by atoms with van der Waals surface area (Å²) in [4.78, 5) is 0. The Balaban J connectivity index is 1.75. The van der Waals surface area contributed by atoms with Crippen molar-refractivity contribution in [2.24, 2.45) is 11.8 Å². The molecule has 3 saturated heterocycles. The first kappa shape index (κ1) is 8.21. The van der Waals surface area contributed by atoms with E-state index in [2.05, 4.69) is 13.8 Å². The summed E-state index contributed by atoms with van der Waals surface area (Å²) in [6.45, 7) is 6.01. The van der Waals surface area contributed by atoms with Crippen molar-refractivity contribution in [1.29, 1.82) is 0 Å². The predicted molar refractivity (Wildman–Crippen MR) is 46.5 cm³/mol. The van der Waals surface area contributed by atoms with E-state index in [0.717, 1.165) is 13.2 Å². The molecule has 3 rings (SSSR count). The van der Waals surface area contributed by atoms with Crippen molar-refractivity contribution in [2.45, 2.75) is 38.3 Å². The van der Waals surface area contributed by atoms with Crippen molar-refractivity contribution >= 4 is 0 Å². The van der Waals surface area contributed by atoms with Crippen LogP contribution in [0, 0.1) is 11.8 Å². The summed E-state index contributed by atoms with van der Waals surface area (Å²) in [5.74, 6) is 1.20. The van der Waals surface area contributed by atoms with Crippen molar-refractivity contribution in [2.75, 3.05) is 13.2 Å². The van der Waals surface area contributed by atoms with Gasteiger partial charge in [0.1, 0.15) is 6.10 Å². The van der Waals surface area contributed by atoms with Crippen LogP contribution in [0.1, 0.15) is 13.8 Å². The molecule has 13 heavy (non-hydrogen) atoms. The fraction of sp³-hybridized carbons (Fsp3) is 1.00. The molecular weight excluding hydrogens is 168 g/mol. The lowest BCUT2D eigenvalue weighted by molar-refractivity contribution is -0.00485. The van der Waals surface area contributed by atoms with Gasteiger partial charge < -0.3 is 14.2 Å². The van der Waals surface area contributed by atoms with Gasteiger partial charge in [-0.15, -0.1) is 0 Å². The van der Waals surface area contributed by atoms with Crippen molar-refractivity contribution < 1.29 is 14.2 Å². The van der Waals surface area contributed by atoms with Crippen LogP contribution in [0.2, 0.25) is 0 Å². The maximum atomic E-state index is 5.92. The molecule has 6 unspecified atom stereocenters. The molecular formula is C10H16O3. The van der Waals surface area contributed by atoms with Gasteiger partial charge >= 0.3 is 0 Å². The van der Waals surface area contributed by atoms with E-state index in [9.17, 15) is 0 Å². The molecule has 0 radical (unpaired) electrons. The minimum atomic E-state index is 0.303. The second kappa shape index (κ2) is 2.69. The number of hydrogen-bond donors (Lipinski definition) is 0. The van der Waals surface area contributed by atoms with Gasteiger partial charge in [0.25, 0.3) is 0 Å². The maximum Gasteiger partial charge on any atom is 0.110 e. The molecule has 0 spiro atoms. The molecule has 3 heterocycles. The third kappa shape index (κ3) is 1.14. The summed E-state index contributed by atoms with van der Waals surface area (Å²) in [7, 11) is 0. The molecule has 0 aromatic rings. The Morgan fingerprint density at radius 2 is 1.46 bits per heavy atom. The molecule has 3 aliphatic rings. The quantitative estimate of drug-likeness (QED) is 0.565. The Kier molecular flexibility index (Phi) is 1.70. The van der Waals surface area contributed by atoms with Gasteiger partial charge in [-0.2, -0.15) is 0 Å². The van der Waals surface area contributed by atoms with E-state index >= 15 is 0 Å². The molecule has 3 nitrogen and oxygen atoms in total. The van der Waals surface area contributed by atoms with Crippen LogP contribution in [0.3, 0.4) is 0 Å². The normalized spacial score (nSPS) is 59.5. The Labute approximate surface area is 78.3 Å². The summed E-state index contributed by atoms with van der Waals surface area (Å²) in [5.41, 5.74) is 0. The third-order valence-corrected chi connectivity index (χ3v) is 3.65. The van der Waals surface area contributed by atoms with Gasteiger partial charge in [0, 0.05) is 11.8 Å². The summed E-state index contributed by atoms with van der Waals surface area (Å²) >= 11 is 0. The lowest BCUT2D eigenvalue weighted by atomic mass is 9.89. The van der Waals surface area contributed by atoms with Crippen molar-refractivity contribution in [1.82, 2.24) is 0 Å². The average molecular weight is 184 g/mol. The van der Waals surface area contributed by atoms with Crippen LogP contribution in [-0.2, 0) is 14.2 Å². The fourth-order valence-electron chi connectivity index (χ4n) is 2.73. The van der Waals surface area contributed by atoms with E-state index < -0.39 is 0 Å². The highest BCUT2D eigenvalue weighted by atomic mass is 16.6. The first-order valence-corrected chi connectivity index (χ1v) is 5.16. The van der Waals surface area contributed by atoms with Crippen LogP contribution in [0.25, 0.3) is 0 Å². The highest BCUT2D eigenvalue weighted by molar-refractivity contribution is 5.01. The van der Waals surface area contributed by atoms with Gasteiger partial charge in [-0.05, 0) is 13.8 Å². The zero-order valence-electron chi connectivity index (χ0n) is 8.10. The highest BCUT2D eigenvalue weighted by Gasteiger charge is 2.55.